The lowest BCUT2D eigenvalue weighted by Gasteiger charge is -2.09. The molecule has 2 rings (SSSR count). The van der Waals surface area contributed by atoms with Gasteiger partial charge in [-0.15, -0.1) is 0 Å². The Bertz CT molecular complexity index is 675. The molecule has 2 aromatic rings. The van der Waals surface area contributed by atoms with Gasteiger partial charge in [-0.05, 0) is 17.7 Å². The fourth-order valence-corrected chi connectivity index (χ4v) is 1.55. The van der Waals surface area contributed by atoms with Crippen molar-refractivity contribution in [1.29, 1.82) is 0 Å². The molecule has 1 heterocycles. The van der Waals surface area contributed by atoms with Crippen molar-refractivity contribution >= 4 is 0 Å². The van der Waals surface area contributed by atoms with Crippen LogP contribution in [-0.4, -0.2) is 14.8 Å². The number of nitrogens with zero attached hydrogens (tertiary/aromatic N) is 2. The van der Waals surface area contributed by atoms with Gasteiger partial charge in [0.1, 0.15) is 6.20 Å². The summed E-state index contributed by atoms with van der Waals surface area (Å²) >= 11 is 0. The molecule has 8 heteroatoms. The predicted molar refractivity (Wildman–Crippen MR) is 59.7 cm³/mol. The molecule has 0 spiro atoms. The summed E-state index contributed by atoms with van der Waals surface area (Å²) in [5.74, 6) is 0. The lowest BCUT2D eigenvalue weighted by molar-refractivity contribution is -0.137. The van der Waals surface area contributed by atoms with E-state index >= 15 is 0 Å². The minimum atomic E-state index is -4.47. The van der Waals surface area contributed by atoms with Crippen LogP contribution in [0.2, 0.25) is 0 Å². The molecule has 0 bridgehead atoms. The Hall–Kier alpha value is -2.38. The number of benzene rings is 1. The Kier molecular flexibility index (Phi) is 3.24. The van der Waals surface area contributed by atoms with Gasteiger partial charge in [-0.3, -0.25) is 9.36 Å². The molecule has 0 saturated carbocycles. The van der Waals surface area contributed by atoms with Crippen LogP contribution >= 0.6 is 0 Å². The predicted octanol–water partition coefficient (Wildman–Crippen LogP) is 0.999. The van der Waals surface area contributed by atoms with E-state index in [0.29, 0.717) is 0 Å². The van der Waals surface area contributed by atoms with Crippen LogP contribution in [-0.2, 0) is 12.7 Å². The van der Waals surface area contributed by atoms with E-state index in [-0.39, 0.29) is 12.1 Å². The quantitative estimate of drug-likeness (QED) is 0.886. The Labute approximate surface area is 104 Å². The number of nitrogens with one attached hydrogen (secondary N) is 1. The van der Waals surface area contributed by atoms with Gasteiger partial charge < -0.3 is 0 Å². The molecule has 0 unspecified atom stereocenters. The third kappa shape index (κ3) is 2.90. The van der Waals surface area contributed by atoms with Crippen molar-refractivity contribution in [3.8, 4) is 0 Å². The molecule has 100 valence electrons. The maximum absolute atomic E-state index is 12.5. The van der Waals surface area contributed by atoms with Crippen molar-refractivity contribution in [2.45, 2.75) is 12.7 Å². The SMILES string of the molecule is O=c1cn[nH]c(=O)n1Cc1cccc(C(F)(F)F)c1. The molecule has 0 aliphatic heterocycles. The molecule has 0 saturated heterocycles. The number of rotatable bonds is 2. The van der Waals surface area contributed by atoms with Crippen LogP contribution < -0.4 is 11.2 Å². The number of H-pyrrole nitrogens is 1. The highest BCUT2D eigenvalue weighted by molar-refractivity contribution is 5.25. The van der Waals surface area contributed by atoms with E-state index in [4.69, 9.17) is 0 Å². The molecule has 0 atom stereocenters. The van der Waals surface area contributed by atoms with Gasteiger partial charge in [-0.2, -0.15) is 18.3 Å². The fraction of sp³-hybridized carbons (Fsp3) is 0.182. The van der Waals surface area contributed by atoms with Gasteiger partial charge in [-0.1, -0.05) is 12.1 Å². The topological polar surface area (TPSA) is 67.8 Å². The highest BCUT2D eigenvalue weighted by Gasteiger charge is 2.30. The monoisotopic (exact) mass is 271 g/mol. The maximum Gasteiger partial charge on any atom is 0.416 e. The summed E-state index contributed by atoms with van der Waals surface area (Å²) in [6, 6.07) is 4.44. The lowest BCUT2D eigenvalue weighted by Crippen LogP contribution is -2.35. The number of halogens is 3. The third-order valence-corrected chi connectivity index (χ3v) is 2.44. The average Bonchev–Trinajstić information content (AvgIpc) is 2.33. The summed E-state index contributed by atoms with van der Waals surface area (Å²) in [5.41, 5.74) is -2.08. The van der Waals surface area contributed by atoms with E-state index < -0.39 is 23.0 Å². The van der Waals surface area contributed by atoms with Crippen molar-refractivity contribution in [2.24, 2.45) is 0 Å². The molecular weight excluding hydrogens is 263 g/mol. The molecule has 0 radical (unpaired) electrons. The Balaban J connectivity index is 2.40. The van der Waals surface area contributed by atoms with Crippen molar-refractivity contribution in [3.63, 3.8) is 0 Å². The van der Waals surface area contributed by atoms with Crippen LogP contribution in [0.5, 0.6) is 0 Å². The Morgan fingerprint density at radius 2 is 2.00 bits per heavy atom. The van der Waals surface area contributed by atoms with Crippen LogP contribution in [0.15, 0.2) is 40.1 Å². The van der Waals surface area contributed by atoms with Crippen LogP contribution in [0.4, 0.5) is 13.2 Å². The summed E-state index contributed by atoms with van der Waals surface area (Å²) in [7, 11) is 0. The molecule has 0 fully saturated rings. The number of aromatic nitrogens is 3. The van der Waals surface area contributed by atoms with E-state index in [1.54, 1.807) is 0 Å². The van der Waals surface area contributed by atoms with Gasteiger partial charge >= 0.3 is 11.9 Å². The number of aromatic amines is 1. The first kappa shape index (κ1) is 13.1. The molecule has 0 aliphatic rings. The van der Waals surface area contributed by atoms with Gasteiger partial charge in [0.05, 0.1) is 12.1 Å². The van der Waals surface area contributed by atoms with Crippen LogP contribution in [0.1, 0.15) is 11.1 Å². The van der Waals surface area contributed by atoms with Crippen LogP contribution in [0.25, 0.3) is 0 Å². The van der Waals surface area contributed by atoms with Gasteiger partial charge in [0.25, 0.3) is 5.56 Å². The second-order valence-corrected chi connectivity index (χ2v) is 3.80. The zero-order valence-electron chi connectivity index (χ0n) is 9.44. The van der Waals surface area contributed by atoms with Crippen LogP contribution in [0.3, 0.4) is 0 Å². The average molecular weight is 271 g/mol. The summed E-state index contributed by atoms with van der Waals surface area (Å²) < 4.78 is 38.3. The maximum atomic E-state index is 12.5. The zero-order valence-corrected chi connectivity index (χ0v) is 9.44. The molecular formula is C11H8F3N3O2. The number of hydrogen-bond donors (Lipinski definition) is 1. The molecule has 1 aromatic carbocycles. The second-order valence-electron chi connectivity index (χ2n) is 3.80. The Morgan fingerprint density at radius 1 is 1.26 bits per heavy atom. The third-order valence-electron chi connectivity index (χ3n) is 2.44. The molecule has 19 heavy (non-hydrogen) atoms. The summed E-state index contributed by atoms with van der Waals surface area (Å²) in [5, 5.41) is 5.33. The van der Waals surface area contributed by atoms with Gasteiger partial charge in [0.15, 0.2) is 0 Å². The molecule has 5 nitrogen and oxygen atoms in total. The van der Waals surface area contributed by atoms with E-state index in [1.807, 2.05) is 5.10 Å². The molecule has 0 amide bonds. The standard InChI is InChI=1S/C11H8F3N3O2/c12-11(13,14)8-3-1-2-7(4-8)6-17-9(18)5-15-16-10(17)19/h1-5H,6H2,(H,16,19). The van der Waals surface area contributed by atoms with Crippen molar-refractivity contribution < 1.29 is 13.2 Å². The van der Waals surface area contributed by atoms with Gasteiger partial charge in [0, 0.05) is 0 Å². The van der Waals surface area contributed by atoms with Crippen LogP contribution in [0, 0.1) is 0 Å². The first-order valence-corrected chi connectivity index (χ1v) is 5.18. The number of alkyl halides is 3. The lowest BCUT2D eigenvalue weighted by atomic mass is 10.1. The second kappa shape index (κ2) is 4.71. The van der Waals surface area contributed by atoms with E-state index in [9.17, 15) is 22.8 Å². The molecule has 0 aliphatic carbocycles. The summed E-state index contributed by atoms with van der Waals surface area (Å²) in [4.78, 5) is 22.7. The zero-order chi connectivity index (χ0) is 14.0. The Morgan fingerprint density at radius 3 is 2.63 bits per heavy atom. The summed E-state index contributed by atoms with van der Waals surface area (Å²) in [6.45, 7) is -0.249. The van der Waals surface area contributed by atoms with Gasteiger partial charge in [-0.25, -0.2) is 9.89 Å². The fourth-order valence-electron chi connectivity index (χ4n) is 1.55. The highest BCUT2D eigenvalue weighted by atomic mass is 19.4. The molecule has 1 N–H and O–H groups in total. The molecule has 1 aromatic heterocycles. The minimum absolute atomic E-state index is 0.202. The summed E-state index contributed by atoms with van der Waals surface area (Å²) in [6.07, 6.45) is -3.58. The normalized spacial score (nSPS) is 11.5. The van der Waals surface area contributed by atoms with Crippen molar-refractivity contribution in [2.75, 3.05) is 0 Å². The highest BCUT2D eigenvalue weighted by Crippen LogP contribution is 2.29. The minimum Gasteiger partial charge on any atom is -0.267 e. The van der Waals surface area contributed by atoms with Crippen molar-refractivity contribution in [3.05, 3.63) is 62.4 Å². The largest absolute Gasteiger partial charge is 0.416 e. The van der Waals surface area contributed by atoms with E-state index in [0.717, 1.165) is 22.9 Å². The number of hydrogen-bond acceptors (Lipinski definition) is 3. The smallest absolute Gasteiger partial charge is 0.267 e. The first-order valence-electron chi connectivity index (χ1n) is 5.18. The van der Waals surface area contributed by atoms with Crippen molar-refractivity contribution in [1.82, 2.24) is 14.8 Å². The van der Waals surface area contributed by atoms with E-state index in [1.165, 1.54) is 12.1 Å². The van der Waals surface area contributed by atoms with Gasteiger partial charge in [0.2, 0.25) is 0 Å². The first-order chi connectivity index (χ1) is 8.88. The van der Waals surface area contributed by atoms with E-state index in [2.05, 4.69) is 5.10 Å².